The number of ether oxygens (including phenoxy) is 2. The molecule has 0 saturated heterocycles. The number of Topliss-reactive ketones (excluding diaryl/α,β-unsaturated/α-hetero) is 1. The molecule has 0 unspecified atom stereocenters. The highest BCUT2D eigenvalue weighted by molar-refractivity contribution is 5.88. The van der Waals surface area contributed by atoms with E-state index in [1.807, 2.05) is 36.4 Å². The third kappa shape index (κ3) is 5.83. The average molecular weight is 406 g/mol. The van der Waals surface area contributed by atoms with E-state index in [0.29, 0.717) is 6.61 Å². The Bertz CT molecular complexity index is 962. The van der Waals surface area contributed by atoms with Gasteiger partial charge in [0.1, 0.15) is 24.7 Å². The van der Waals surface area contributed by atoms with E-state index >= 15 is 0 Å². The van der Waals surface area contributed by atoms with Gasteiger partial charge < -0.3 is 14.4 Å². The minimum Gasteiger partial charge on any atom is -0.492 e. The van der Waals surface area contributed by atoms with Crippen molar-refractivity contribution in [2.75, 3.05) is 32.8 Å². The largest absolute Gasteiger partial charge is 0.492 e. The normalized spacial score (nSPS) is 11.1. The van der Waals surface area contributed by atoms with Crippen LogP contribution < -0.4 is 9.47 Å². The van der Waals surface area contributed by atoms with Gasteiger partial charge in [0.15, 0.2) is 5.78 Å². The lowest BCUT2D eigenvalue weighted by atomic mass is 9.97. The van der Waals surface area contributed by atoms with Crippen molar-refractivity contribution in [1.29, 1.82) is 0 Å². The molecule has 3 rings (SSSR count). The molecule has 0 heterocycles. The summed E-state index contributed by atoms with van der Waals surface area (Å²) in [4.78, 5) is 13.8. The number of benzene rings is 3. The van der Waals surface area contributed by atoms with Gasteiger partial charge in [-0.3, -0.25) is 4.79 Å². The van der Waals surface area contributed by atoms with Gasteiger partial charge in [0.05, 0.1) is 0 Å². The molecule has 0 amide bonds. The first-order chi connectivity index (χ1) is 14.6. The van der Waals surface area contributed by atoms with Crippen LogP contribution in [0, 0.1) is 0 Å². The molecule has 30 heavy (non-hydrogen) atoms. The van der Waals surface area contributed by atoms with Crippen molar-refractivity contribution in [2.24, 2.45) is 0 Å². The third-order valence-corrected chi connectivity index (χ3v) is 5.30. The SMILES string of the molecule is CCN(CC)CCOc1ccc(Cc2c(OCC(C)=O)ccc3ccccc23)cc1. The lowest BCUT2D eigenvalue weighted by Crippen LogP contribution is -2.27. The number of hydrogen-bond donors (Lipinski definition) is 0. The standard InChI is InChI=1S/C26H31NO3/c1-4-27(5-2)16-17-29-23-13-10-21(11-14-23)18-25-24-9-7-6-8-22(24)12-15-26(25)30-19-20(3)28/h6-15H,4-5,16-19H2,1-3H3. The van der Waals surface area contributed by atoms with Crippen molar-refractivity contribution < 1.29 is 14.3 Å². The van der Waals surface area contributed by atoms with Gasteiger partial charge in [0, 0.05) is 18.5 Å². The number of carbonyl (C=O) groups is 1. The van der Waals surface area contributed by atoms with Gasteiger partial charge in [0.2, 0.25) is 0 Å². The van der Waals surface area contributed by atoms with Crippen LogP contribution in [0.15, 0.2) is 60.7 Å². The Morgan fingerprint density at radius 2 is 1.63 bits per heavy atom. The van der Waals surface area contributed by atoms with Crippen LogP contribution in [-0.2, 0) is 11.2 Å². The van der Waals surface area contributed by atoms with Gasteiger partial charge in [-0.15, -0.1) is 0 Å². The molecule has 3 aromatic carbocycles. The summed E-state index contributed by atoms with van der Waals surface area (Å²) in [5.74, 6) is 1.67. The summed E-state index contributed by atoms with van der Waals surface area (Å²) in [6, 6.07) is 20.5. The van der Waals surface area contributed by atoms with Crippen LogP contribution in [0.3, 0.4) is 0 Å². The number of ketones is 1. The maximum absolute atomic E-state index is 11.4. The van der Waals surface area contributed by atoms with Crippen molar-refractivity contribution >= 4 is 16.6 Å². The molecule has 4 heteroatoms. The predicted molar refractivity (Wildman–Crippen MR) is 123 cm³/mol. The Balaban J connectivity index is 1.75. The molecular weight excluding hydrogens is 374 g/mol. The van der Waals surface area contributed by atoms with Crippen LogP contribution in [0.4, 0.5) is 0 Å². The number of nitrogens with zero attached hydrogens (tertiary/aromatic N) is 1. The molecule has 0 saturated carbocycles. The molecule has 0 aliphatic carbocycles. The molecule has 0 atom stereocenters. The Morgan fingerprint density at radius 1 is 0.900 bits per heavy atom. The molecule has 0 aromatic heterocycles. The second kappa shape index (κ2) is 10.8. The third-order valence-electron chi connectivity index (χ3n) is 5.30. The Hall–Kier alpha value is -2.85. The molecule has 4 nitrogen and oxygen atoms in total. The van der Waals surface area contributed by atoms with E-state index in [1.54, 1.807) is 6.92 Å². The van der Waals surface area contributed by atoms with E-state index < -0.39 is 0 Å². The number of rotatable bonds is 11. The fourth-order valence-electron chi connectivity index (χ4n) is 3.55. The molecule has 0 fully saturated rings. The molecule has 0 bridgehead atoms. The van der Waals surface area contributed by atoms with Gasteiger partial charge in [-0.05, 0) is 54.5 Å². The van der Waals surface area contributed by atoms with Crippen molar-refractivity contribution in [2.45, 2.75) is 27.2 Å². The maximum atomic E-state index is 11.4. The summed E-state index contributed by atoms with van der Waals surface area (Å²) in [6.07, 6.45) is 0.730. The number of carbonyl (C=O) groups excluding carboxylic acids is 1. The summed E-state index contributed by atoms with van der Waals surface area (Å²) in [7, 11) is 0. The van der Waals surface area contributed by atoms with Crippen molar-refractivity contribution in [3.8, 4) is 11.5 Å². The number of fused-ring (bicyclic) bond motifs is 1. The first-order valence-electron chi connectivity index (χ1n) is 10.7. The highest BCUT2D eigenvalue weighted by Gasteiger charge is 2.11. The Labute approximate surface area is 179 Å². The molecule has 0 spiro atoms. The molecule has 3 aromatic rings. The molecule has 158 valence electrons. The Morgan fingerprint density at radius 3 is 2.33 bits per heavy atom. The molecule has 0 radical (unpaired) electrons. The van der Waals surface area contributed by atoms with Crippen LogP contribution in [0.5, 0.6) is 11.5 Å². The fraction of sp³-hybridized carbons (Fsp3) is 0.346. The Kier molecular flexibility index (Phi) is 7.86. The summed E-state index contributed by atoms with van der Waals surface area (Å²) in [6.45, 7) is 9.66. The van der Waals surface area contributed by atoms with Crippen molar-refractivity contribution in [3.63, 3.8) is 0 Å². The summed E-state index contributed by atoms with van der Waals surface area (Å²) in [5.41, 5.74) is 2.28. The molecule has 0 aliphatic rings. The van der Waals surface area contributed by atoms with E-state index in [9.17, 15) is 4.79 Å². The van der Waals surface area contributed by atoms with E-state index in [2.05, 4.69) is 43.0 Å². The quantitative estimate of drug-likeness (QED) is 0.444. The van der Waals surface area contributed by atoms with Gasteiger partial charge >= 0.3 is 0 Å². The zero-order chi connectivity index (χ0) is 21.3. The smallest absolute Gasteiger partial charge is 0.167 e. The monoisotopic (exact) mass is 405 g/mol. The second-order valence-corrected chi connectivity index (χ2v) is 7.45. The van der Waals surface area contributed by atoms with Crippen LogP contribution in [0.1, 0.15) is 31.9 Å². The zero-order valence-electron chi connectivity index (χ0n) is 18.2. The van der Waals surface area contributed by atoms with Gasteiger partial charge in [-0.25, -0.2) is 0 Å². The summed E-state index contributed by atoms with van der Waals surface area (Å²) < 4.78 is 11.7. The lowest BCUT2D eigenvalue weighted by molar-refractivity contribution is -0.118. The van der Waals surface area contributed by atoms with Crippen LogP contribution in [0.25, 0.3) is 10.8 Å². The second-order valence-electron chi connectivity index (χ2n) is 7.45. The lowest BCUT2D eigenvalue weighted by Gasteiger charge is -2.18. The molecular formula is C26H31NO3. The van der Waals surface area contributed by atoms with Crippen LogP contribution in [0.2, 0.25) is 0 Å². The molecule has 0 N–H and O–H groups in total. The van der Waals surface area contributed by atoms with E-state index in [4.69, 9.17) is 9.47 Å². The maximum Gasteiger partial charge on any atom is 0.167 e. The summed E-state index contributed by atoms with van der Waals surface area (Å²) in [5, 5.41) is 2.32. The fourth-order valence-corrected chi connectivity index (χ4v) is 3.55. The minimum atomic E-state index is 0.0142. The topological polar surface area (TPSA) is 38.8 Å². The van der Waals surface area contributed by atoms with Crippen LogP contribution >= 0.6 is 0 Å². The van der Waals surface area contributed by atoms with Crippen molar-refractivity contribution in [3.05, 3.63) is 71.8 Å². The molecule has 0 aliphatic heterocycles. The number of hydrogen-bond acceptors (Lipinski definition) is 4. The van der Waals surface area contributed by atoms with E-state index in [-0.39, 0.29) is 12.4 Å². The summed E-state index contributed by atoms with van der Waals surface area (Å²) >= 11 is 0. The first kappa shape index (κ1) is 21.8. The predicted octanol–water partition coefficient (Wildman–Crippen LogP) is 5.12. The zero-order valence-corrected chi connectivity index (χ0v) is 18.2. The average Bonchev–Trinajstić information content (AvgIpc) is 2.77. The van der Waals surface area contributed by atoms with Crippen molar-refractivity contribution in [1.82, 2.24) is 4.90 Å². The minimum absolute atomic E-state index is 0.0142. The van der Waals surface area contributed by atoms with E-state index in [1.165, 1.54) is 10.9 Å². The van der Waals surface area contributed by atoms with Gasteiger partial charge in [0.25, 0.3) is 0 Å². The first-order valence-corrected chi connectivity index (χ1v) is 10.7. The van der Waals surface area contributed by atoms with E-state index in [0.717, 1.165) is 48.5 Å². The highest BCUT2D eigenvalue weighted by Crippen LogP contribution is 2.30. The van der Waals surface area contributed by atoms with Crippen LogP contribution in [-0.4, -0.2) is 43.5 Å². The van der Waals surface area contributed by atoms with Gasteiger partial charge in [-0.2, -0.15) is 0 Å². The number of likely N-dealkylation sites (N-methyl/N-ethyl adjacent to an activating group) is 1. The highest BCUT2D eigenvalue weighted by atomic mass is 16.5. The van der Waals surface area contributed by atoms with Gasteiger partial charge in [-0.1, -0.05) is 56.3 Å².